The SMILES string of the molecule is O=C(NCC1(O)CCCCC1)c1ccc(-n2cccn2)cc1. The van der Waals surface area contributed by atoms with Crippen LogP contribution in [0.1, 0.15) is 42.5 Å². The Morgan fingerprint density at radius 3 is 2.59 bits per heavy atom. The first-order valence-electron chi connectivity index (χ1n) is 7.77. The molecule has 1 aliphatic rings. The van der Waals surface area contributed by atoms with Crippen LogP contribution in [0.25, 0.3) is 5.69 Å². The molecule has 116 valence electrons. The molecule has 2 N–H and O–H groups in total. The van der Waals surface area contributed by atoms with Gasteiger partial charge in [-0.25, -0.2) is 4.68 Å². The normalized spacial score (nSPS) is 17.1. The van der Waals surface area contributed by atoms with E-state index in [-0.39, 0.29) is 5.91 Å². The molecular weight excluding hydrogens is 278 g/mol. The summed E-state index contributed by atoms with van der Waals surface area (Å²) in [6.07, 6.45) is 8.34. The monoisotopic (exact) mass is 299 g/mol. The van der Waals surface area contributed by atoms with E-state index >= 15 is 0 Å². The molecule has 1 heterocycles. The van der Waals surface area contributed by atoms with Gasteiger partial charge >= 0.3 is 0 Å². The molecule has 5 heteroatoms. The summed E-state index contributed by atoms with van der Waals surface area (Å²) in [6, 6.07) is 9.12. The van der Waals surface area contributed by atoms with Gasteiger partial charge in [-0.15, -0.1) is 0 Å². The number of hydrogen-bond donors (Lipinski definition) is 2. The second-order valence-corrected chi connectivity index (χ2v) is 5.97. The molecule has 0 saturated heterocycles. The van der Waals surface area contributed by atoms with Crippen molar-refractivity contribution in [3.05, 3.63) is 48.3 Å². The van der Waals surface area contributed by atoms with Crippen LogP contribution >= 0.6 is 0 Å². The van der Waals surface area contributed by atoms with Crippen molar-refractivity contribution in [1.82, 2.24) is 15.1 Å². The maximum atomic E-state index is 12.2. The summed E-state index contributed by atoms with van der Waals surface area (Å²) in [5, 5.41) is 17.4. The zero-order valence-electron chi connectivity index (χ0n) is 12.5. The van der Waals surface area contributed by atoms with Crippen molar-refractivity contribution in [3.63, 3.8) is 0 Å². The van der Waals surface area contributed by atoms with Crippen molar-refractivity contribution in [2.45, 2.75) is 37.7 Å². The van der Waals surface area contributed by atoms with Gasteiger partial charge in [0, 0.05) is 24.5 Å². The Balaban J connectivity index is 1.60. The highest BCUT2D eigenvalue weighted by Gasteiger charge is 2.29. The lowest BCUT2D eigenvalue weighted by Crippen LogP contribution is -2.44. The van der Waals surface area contributed by atoms with E-state index in [1.54, 1.807) is 23.0 Å². The number of rotatable bonds is 4. The lowest BCUT2D eigenvalue weighted by Gasteiger charge is -2.32. The van der Waals surface area contributed by atoms with E-state index in [9.17, 15) is 9.90 Å². The van der Waals surface area contributed by atoms with Gasteiger partial charge in [0.15, 0.2) is 0 Å². The maximum absolute atomic E-state index is 12.2. The zero-order valence-corrected chi connectivity index (χ0v) is 12.5. The first kappa shape index (κ1) is 14.8. The van der Waals surface area contributed by atoms with Gasteiger partial charge < -0.3 is 10.4 Å². The third kappa shape index (κ3) is 3.36. The quantitative estimate of drug-likeness (QED) is 0.910. The first-order chi connectivity index (χ1) is 10.7. The summed E-state index contributed by atoms with van der Waals surface area (Å²) in [4.78, 5) is 12.2. The van der Waals surface area contributed by atoms with E-state index in [1.165, 1.54) is 6.42 Å². The molecule has 3 rings (SSSR count). The second kappa shape index (κ2) is 6.32. The largest absolute Gasteiger partial charge is 0.388 e. The molecule has 5 nitrogen and oxygen atoms in total. The number of nitrogens with zero attached hydrogens (tertiary/aromatic N) is 2. The van der Waals surface area contributed by atoms with Crippen LogP contribution in [-0.4, -0.2) is 32.9 Å². The summed E-state index contributed by atoms with van der Waals surface area (Å²) in [6.45, 7) is 0.326. The summed E-state index contributed by atoms with van der Waals surface area (Å²) in [5.74, 6) is -0.147. The Bertz CT molecular complexity index is 614. The van der Waals surface area contributed by atoms with Crippen LogP contribution < -0.4 is 5.32 Å². The molecule has 1 amide bonds. The van der Waals surface area contributed by atoms with Gasteiger partial charge in [-0.1, -0.05) is 19.3 Å². The average Bonchev–Trinajstić information content (AvgIpc) is 3.08. The van der Waals surface area contributed by atoms with Gasteiger partial charge in [-0.3, -0.25) is 4.79 Å². The number of benzene rings is 1. The number of amides is 1. The minimum Gasteiger partial charge on any atom is -0.388 e. The lowest BCUT2D eigenvalue weighted by molar-refractivity contribution is 0.00526. The molecule has 2 aromatic rings. The lowest BCUT2D eigenvalue weighted by atomic mass is 9.85. The van der Waals surface area contributed by atoms with Crippen molar-refractivity contribution in [1.29, 1.82) is 0 Å². The molecule has 0 bridgehead atoms. The molecule has 0 unspecified atom stereocenters. The number of carbonyl (C=O) groups is 1. The molecule has 0 spiro atoms. The summed E-state index contributed by atoms with van der Waals surface area (Å²) in [7, 11) is 0. The van der Waals surface area contributed by atoms with E-state index in [0.717, 1.165) is 31.4 Å². The van der Waals surface area contributed by atoms with Crippen LogP contribution in [0.15, 0.2) is 42.7 Å². The van der Waals surface area contributed by atoms with Crippen molar-refractivity contribution >= 4 is 5.91 Å². The molecule has 0 aliphatic heterocycles. The van der Waals surface area contributed by atoms with Crippen molar-refractivity contribution in [3.8, 4) is 5.69 Å². The molecule has 22 heavy (non-hydrogen) atoms. The minimum absolute atomic E-state index is 0.147. The fourth-order valence-electron chi connectivity index (χ4n) is 2.92. The standard InChI is InChI=1S/C17H21N3O2/c21-16(18-13-17(22)9-2-1-3-10-17)14-5-7-15(8-6-14)20-12-4-11-19-20/h4-8,11-12,22H,1-3,9-10,13H2,(H,18,21). The van der Waals surface area contributed by atoms with Crippen LogP contribution in [0, 0.1) is 0 Å². The molecular formula is C17H21N3O2. The highest BCUT2D eigenvalue weighted by atomic mass is 16.3. The Kier molecular flexibility index (Phi) is 4.24. The van der Waals surface area contributed by atoms with Gasteiger partial charge in [0.1, 0.15) is 0 Å². The zero-order chi connectivity index (χ0) is 15.4. The molecule has 1 fully saturated rings. The third-order valence-electron chi connectivity index (χ3n) is 4.26. The Morgan fingerprint density at radius 2 is 1.95 bits per heavy atom. The van der Waals surface area contributed by atoms with E-state index in [0.29, 0.717) is 12.1 Å². The highest BCUT2D eigenvalue weighted by molar-refractivity contribution is 5.94. The number of aliphatic hydroxyl groups is 1. The smallest absolute Gasteiger partial charge is 0.251 e. The second-order valence-electron chi connectivity index (χ2n) is 5.97. The maximum Gasteiger partial charge on any atom is 0.251 e. The summed E-state index contributed by atoms with van der Waals surface area (Å²) < 4.78 is 1.74. The van der Waals surface area contributed by atoms with E-state index in [2.05, 4.69) is 10.4 Å². The Labute approximate surface area is 130 Å². The van der Waals surface area contributed by atoms with E-state index in [4.69, 9.17) is 0 Å². The van der Waals surface area contributed by atoms with Gasteiger partial charge in [0.05, 0.1) is 11.3 Å². The van der Waals surface area contributed by atoms with Crippen LogP contribution in [0.4, 0.5) is 0 Å². The molecule has 1 aromatic carbocycles. The molecule has 0 radical (unpaired) electrons. The van der Waals surface area contributed by atoms with Gasteiger partial charge in [0.25, 0.3) is 5.91 Å². The van der Waals surface area contributed by atoms with Gasteiger partial charge in [-0.2, -0.15) is 5.10 Å². The van der Waals surface area contributed by atoms with Gasteiger partial charge in [-0.05, 0) is 43.2 Å². The fraction of sp³-hybridized carbons (Fsp3) is 0.412. The summed E-state index contributed by atoms with van der Waals surface area (Å²) >= 11 is 0. The van der Waals surface area contributed by atoms with Crippen molar-refractivity contribution in [2.75, 3.05) is 6.54 Å². The van der Waals surface area contributed by atoms with Crippen LogP contribution in [-0.2, 0) is 0 Å². The predicted molar refractivity (Wildman–Crippen MR) is 83.9 cm³/mol. The molecule has 0 atom stereocenters. The number of hydrogen-bond acceptors (Lipinski definition) is 3. The number of nitrogens with one attached hydrogen (secondary N) is 1. The third-order valence-corrected chi connectivity index (χ3v) is 4.26. The Morgan fingerprint density at radius 1 is 1.23 bits per heavy atom. The number of carbonyl (C=O) groups excluding carboxylic acids is 1. The van der Waals surface area contributed by atoms with E-state index < -0.39 is 5.60 Å². The van der Waals surface area contributed by atoms with Crippen LogP contribution in [0.5, 0.6) is 0 Å². The minimum atomic E-state index is -0.733. The number of aromatic nitrogens is 2. The van der Waals surface area contributed by atoms with Crippen molar-refractivity contribution in [2.24, 2.45) is 0 Å². The topological polar surface area (TPSA) is 67.2 Å². The van der Waals surface area contributed by atoms with Crippen molar-refractivity contribution < 1.29 is 9.90 Å². The fourth-order valence-corrected chi connectivity index (χ4v) is 2.92. The molecule has 1 saturated carbocycles. The predicted octanol–water partition coefficient (Wildman–Crippen LogP) is 2.30. The Hall–Kier alpha value is -2.14. The van der Waals surface area contributed by atoms with E-state index in [1.807, 2.05) is 24.4 Å². The first-order valence-corrected chi connectivity index (χ1v) is 7.77. The van der Waals surface area contributed by atoms with Crippen LogP contribution in [0.2, 0.25) is 0 Å². The molecule has 1 aliphatic carbocycles. The molecule has 1 aromatic heterocycles. The average molecular weight is 299 g/mol. The summed E-state index contributed by atoms with van der Waals surface area (Å²) in [5.41, 5.74) is 0.769. The van der Waals surface area contributed by atoms with Gasteiger partial charge in [0.2, 0.25) is 0 Å². The van der Waals surface area contributed by atoms with Crippen LogP contribution in [0.3, 0.4) is 0 Å². The highest BCUT2D eigenvalue weighted by Crippen LogP contribution is 2.27.